The maximum Gasteiger partial charge on any atom is -1.00 e. The van der Waals surface area contributed by atoms with E-state index in [0.29, 0.717) is 5.56 Å². The van der Waals surface area contributed by atoms with E-state index in [4.69, 9.17) is 0 Å². The van der Waals surface area contributed by atoms with Crippen LogP contribution in [-0.2, 0) is 0 Å². The maximum absolute atomic E-state index is 14.5. The van der Waals surface area contributed by atoms with E-state index in [0.717, 1.165) is 12.1 Å². The van der Waals surface area contributed by atoms with E-state index in [1.165, 1.54) is 12.1 Å². The molecule has 0 spiro atoms. The van der Waals surface area contributed by atoms with Crippen molar-refractivity contribution >= 4 is 30.7 Å². The Morgan fingerprint density at radius 1 is 0.438 bits per heavy atom. The fraction of sp³-hybridized carbons (Fsp3) is 0.0526. The van der Waals surface area contributed by atoms with E-state index in [2.05, 4.69) is 0 Å². The molecule has 0 aliphatic carbocycles. The molecule has 0 saturated heterocycles. The molecule has 3 rings (SSSR count). The molecule has 0 N–H and O–H groups in total. The van der Waals surface area contributed by atoms with E-state index in [9.17, 15) is 43.9 Å². The summed E-state index contributed by atoms with van der Waals surface area (Å²) in [6.45, 7) is 1.56. The predicted octanol–water partition coefficient (Wildman–Crippen LogP) is -2.09. The second-order valence-electron chi connectivity index (χ2n) is 6.01. The van der Waals surface area contributed by atoms with Crippen molar-refractivity contribution in [2.24, 2.45) is 0 Å². The molecule has 0 aliphatic heterocycles. The van der Waals surface area contributed by atoms with Gasteiger partial charge in [-0.1, -0.05) is 0 Å². The first kappa shape index (κ1) is 28.4. The van der Waals surface area contributed by atoms with E-state index in [1.54, 1.807) is 6.92 Å². The topological polar surface area (TPSA) is 0 Å². The second-order valence-corrected chi connectivity index (χ2v) is 11.9. The molecule has 0 aliphatic rings. The van der Waals surface area contributed by atoms with Gasteiger partial charge in [0.1, 0.15) is 0 Å². The maximum atomic E-state index is 14.5. The molecule has 0 unspecified atom stereocenters. The van der Waals surface area contributed by atoms with Gasteiger partial charge in [-0.2, -0.15) is 0 Å². The quantitative estimate of drug-likeness (QED) is 0.137. The van der Waals surface area contributed by atoms with Crippen LogP contribution in [0.1, 0.15) is 5.56 Å². The second kappa shape index (κ2) is 10.5. The molecule has 0 fully saturated rings. The van der Waals surface area contributed by atoms with Gasteiger partial charge in [0.2, 0.25) is 0 Å². The van der Waals surface area contributed by atoms with Gasteiger partial charge in [0.25, 0.3) is 0 Å². The molecule has 0 bridgehead atoms. The molecule has 0 saturated carbocycles. The molecule has 32 heavy (non-hydrogen) atoms. The van der Waals surface area contributed by atoms with Crippen LogP contribution in [0.3, 0.4) is 0 Å². The Labute approximate surface area is 194 Å². The van der Waals surface area contributed by atoms with Crippen molar-refractivity contribution in [2.75, 3.05) is 0 Å². The fourth-order valence-corrected chi connectivity index (χ4v) is 9.39. The summed E-state index contributed by atoms with van der Waals surface area (Å²) in [5.74, 6) is -24.2. The van der Waals surface area contributed by atoms with Gasteiger partial charge in [0.15, 0.2) is 0 Å². The Bertz CT molecular complexity index is 1040. The molecule has 3 aromatic rings. The normalized spacial score (nSPS) is 10.5. The smallest absolute Gasteiger partial charge is 1.00 e. The van der Waals surface area contributed by atoms with E-state index in [1.807, 2.05) is 0 Å². The van der Waals surface area contributed by atoms with Crippen LogP contribution < -0.4 is 35.3 Å². The van der Waals surface area contributed by atoms with Crippen molar-refractivity contribution in [3.63, 3.8) is 0 Å². The first-order chi connectivity index (χ1) is 14.0. The molecular formula is C19H7Cl2F10Sb. The van der Waals surface area contributed by atoms with Gasteiger partial charge in [0, 0.05) is 0 Å². The minimum absolute atomic E-state index is 0. The molecule has 0 nitrogen and oxygen atoms in total. The average Bonchev–Trinajstić information content (AvgIpc) is 2.73. The molecular weight excluding hydrogens is 611 g/mol. The predicted molar refractivity (Wildman–Crippen MR) is 88.3 cm³/mol. The molecule has 3 aromatic carbocycles. The van der Waals surface area contributed by atoms with Gasteiger partial charge in [-0.15, -0.1) is 0 Å². The SMILES string of the molecule is Cc1cc[c]([Sb+2]([c]2c(F)c(F)c(F)c(F)c2F)[c]2c(F)c(F)c(F)c(F)c2F)cc1.[Cl-].[Cl-]. The largest absolute Gasteiger partial charge is 1.00 e. The van der Waals surface area contributed by atoms with Gasteiger partial charge in [-0.3, -0.25) is 0 Å². The Hall–Kier alpha value is -1.64. The third-order valence-electron chi connectivity index (χ3n) is 4.11. The number of halogens is 12. The zero-order valence-corrected chi connectivity index (χ0v) is 19.4. The summed E-state index contributed by atoms with van der Waals surface area (Å²) in [6.07, 6.45) is 0. The van der Waals surface area contributed by atoms with Crippen LogP contribution in [0.5, 0.6) is 0 Å². The summed E-state index contributed by atoms with van der Waals surface area (Å²) < 4.78 is 136. The summed E-state index contributed by atoms with van der Waals surface area (Å²) in [5.41, 5.74) is 0.550. The van der Waals surface area contributed by atoms with Crippen LogP contribution in [0, 0.1) is 65.1 Å². The van der Waals surface area contributed by atoms with Crippen LogP contribution in [0.15, 0.2) is 24.3 Å². The van der Waals surface area contributed by atoms with E-state index >= 15 is 0 Å². The van der Waals surface area contributed by atoms with Crippen LogP contribution in [0.4, 0.5) is 43.9 Å². The number of hydrogen-bond donors (Lipinski definition) is 0. The van der Waals surface area contributed by atoms with E-state index in [-0.39, 0.29) is 28.3 Å². The molecule has 172 valence electrons. The summed E-state index contributed by atoms with van der Waals surface area (Å²) in [4.78, 5) is 0. The molecule has 13 heteroatoms. The number of aryl methyl sites for hydroxylation is 1. The summed E-state index contributed by atoms with van der Waals surface area (Å²) in [6, 6.07) is 4.75. The van der Waals surface area contributed by atoms with Crippen LogP contribution >= 0.6 is 0 Å². The molecule has 0 heterocycles. The van der Waals surface area contributed by atoms with Crippen LogP contribution in [0.2, 0.25) is 0 Å². The summed E-state index contributed by atoms with van der Waals surface area (Å²) in [5, 5.41) is 0. The zero-order valence-electron chi connectivity index (χ0n) is 15.3. The molecule has 0 radical (unpaired) electrons. The van der Waals surface area contributed by atoms with Crippen molar-refractivity contribution in [2.45, 2.75) is 6.92 Å². The first-order valence-electron chi connectivity index (χ1n) is 7.88. The Kier molecular flexibility index (Phi) is 9.34. The zero-order chi connectivity index (χ0) is 22.5. The van der Waals surface area contributed by atoms with Crippen molar-refractivity contribution in [3.05, 3.63) is 88.0 Å². The monoisotopic (exact) mass is 616 g/mol. The minimum atomic E-state index is -5.04. The van der Waals surface area contributed by atoms with Gasteiger partial charge in [-0.25, -0.2) is 0 Å². The van der Waals surface area contributed by atoms with Crippen molar-refractivity contribution in [1.29, 1.82) is 0 Å². The van der Waals surface area contributed by atoms with Gasteiger partial charge >= 0.3 is 170 Å². The van der Waals surface area contributed by atoms with Crippen molar-refractivity contribution < 1.29 is 68.7 Å². The van der Waals surface area contributed by atoms with Crippen LogP contribution in [0.25, 0.3) is 0 Å². The van der Waals surface area contributed by atoms with Crippen LogP contribution in [-0.4, -0.2) is 20.2 Å². The third kappa shape index (κ3) is 4.54. The number of rotatable bonds is 3. The van der Waals surface area contributed by atoms with Gasteiger partial charge in [-0.05, 0) is 0 Å². The first-order valence-corrected chi connectivity index (χ1v) is 11.7. The molecule has 0 aromatic heterocycles. The van der Waals surface area contributed by atoms with Crippen molar-refractivity contribution in [1.82, 2.24) is 0 Å². The van der Waals surface area contributed by atoms with E-state index < -0.39 is 85.4 Å². The van der Waals surface area contributed by atoms with Crippen molar-refractivity contribution in [3.8, 4) is 0 Å². The van der Waals surface area contributed by atoms with Gasteiger partial charge < -0.3 is 24.8 Å². The summed E-state index contributed by atoms with van der Waals surface area (Å²) in [7, 11) is 0. The Morgan fingerprint density at radius 3 is 0.969 bits per heavy atom. The number of hydrogen-bond acceptors (Lipinski definition) is 0. The minimum Gasteiger partial charge on any atom is -1.00 e. The Morgan fingerprint density at radius 2 is 0.688 bits per heavy atom. The Balaban J connectivity index is 0.00000256. The third-order valence-corrected chi connectivity index (χ3v) is 11.2. The summed E-state index contributed by atoms with van der Waals surface area (Å²) >= 11 is -5.04. The van der Waals surface area contributed by atoms with Gasteiger partial charge in [0.05, 0.1) is 0 Å². The molecule has 0 amide bonds. The number of benzene rings is 3. The fourth-order valence-electron chi connectivity index (χ4n) is 2.64. The standard InChI is InChI=1S/C7H7.2C6F5.2ClH.Sb/c1-7-5-3-2-4-6-7;2*7-2-1-3(8)5(10)6(11)4(2)9;;;/h3-6H,1H3;;;2*1H;/q;;;;;+2/p-2. The average molecular weight is 618 g/mol. The molecule has 0 atom stereocenters.